The van der Waals surface area contributed by atoms with E-state index >= 15 is 0 Å². The molecule has 14 heavy (non-hydrogen) atoms. The molecule has 78 valence electrons. The van der Waals surface area contributed by atoms with Gasteiger partial charge in [-0.05, 0) is 6.42 Å². The molecule has 5 heteroatoms. The maximum Gasteiger partial charge on any atom is 0.329 e. The van der Waals surface area contributed by atoms with Gasteiger partial charge in [0, 0.05) is 6.07 Å². The zero-order valence-electron chi connectivity index (χ0n) is 8.02. The van der Waals surface area contributed by atoms with Crippen molar-refractivity contribution >= 4 is 5.97 Å². The van der Waals surface area contributed by atoms with Gasteiger partial charge in [-0.15, -0.1) is 0 Å². The minimum Gasteiger partial charge on any atom is -0.480 e. The molecule has 5 nitrogen and oxygen atoms in total. The number of aromatic nitrogens is 1. The van der Waals surface area contributed by atoms with Crippen LogP contribution in [0.1, 0.15) is 24.8 Å². The Labute approximate surface area is 81.7 Å². The smallest absolute Gasteiger partial charge is 0.329 e. The van der Waals surface area contributed by atoms with Crippen molar-refractivity contribution in [2.75, 3.05) is 6.61 Å². The van der Waals surface area contributed by atoms with Crippen LogP contribution in [0.4, 0.5) is 0 Å². The van der Waals surface area contributed by atoms with Crippen molar-refractivity contribution in [2.24, 2.45) is 0 Å². The highest BCUT2D eigenvalue weighted by atomic mass is 16.5. The van der Waals surface area contributed by atoms with E-state index in [-0.39, 0.29) is 13.2 Å². The zero-order chi connectivity index (χ0) is 10.4. The molecule has 0 aromatic carbocycles. The van der Waals surface area contributed by atoms with Crippen LogP contribution in [0.15, 0.2) is 10.6 Å². The molecule has 0 saturated heterocycles. The fraction of sp³-hybridized carbons (Fsp3) is 0.556. The van der Waals surface area contributed by atoms with Gasteiger partial charge in [0.25, 0.3) is 0 Å². The molecule has 1 N–H and O–H groups in total. The minimum absolute atomic E-state index is 0.156. The number of aryl methyl sites for hydroxylation is 1. The predicted molar refractivity (Wildman–Crippen MR) is 47.8 cm³/mol. The number of nitrogens with zero attached hydrogens (tertiary/aromatic N) is 1. The van der Waals surface area contributed by atoms with Gasteiger partial charge in [0.15, 0.2) is 5.76 Å². The molecule has 0 amide bonds. The summed E-state index contributed by atoms with van der Waals surface area (Å²) in [5, 5.41) is 12.1. The first-order chi connectivity index (χ1) is 6.72. The van der Waals surface area contributed by atoms with E-state index in [1.807, 2.05) is 0 Å². The van der Waals surface area contributed by atoms with E-state index < -0.39 is 5.97 Å². The van der Waals surface area contributed by atoms with Crippen LogP contribution in [0.2, 0.25) is 0 Å². The lowest BCUT2D eigenvalue weighted by Gasteiger charge is -1.94. The highest BCUT2D eigenvalue weighted by Crippen LogP contribution is 2.06. The summed E-state index contributed by atoms with van der Waals surface area (Å²) >= 11 is 0. The molecule has 0 spiro atoms. The number of hydrogen-bond acceptors (Lipinski definition) is 4. The molecular weight excluding hydrogens is 186 g/mol. The summed E-state index contributed by atoms with van der Waals surface area (Å²) in [7, 11) is 0. The summed E-state index contributed by atoms with van der Waals surface area (Å²) in [6, 6.07) is 1.78. The van der Waals surface area contributed by atoms with Gasteiger partial charge in [-0.2, -0.15) is 0 Å². The van der Waals surface area contributed by atoms with Crippen LogP contribution in [0.5, 0.6) is 0 Å². The second-order valence-electron chi connectivity index (χ2n) is 2.92. The Kier molecular flexibility index (Phi) is 4.12. The third-order valence-corrected chi connectivity index (χ3v) is 1.58. The van der Waals surface area contributed by atoms with Gasteiger partial charge in [0.1, 0.15) is 13.2 Å². The molecule has 1 rings (SSSR count). The fourth-order valence-electron chi connectivity index (χ4n) is 1.04. The van der Waals surface area contributed by atoms with E-state index in [1.54, 1.807) is 6.07 Å². The monoisotopic (exact) mass is 199 g/mol. The van der Waals surface area contributed by atoms with E-state index in [9.17, 15) is 4.79 Å². The average Bonchev–Trinajstić information content (AvgIpc) is 2.53. The Morgan fingerprint density at radius 1 is 1.71 bits per heavy atom. The van der Waals surface area contributed by atoms with Gasteiger partial charge in [-0.3, -0.25) is 0 Å². The number of rotatable bonds is 6. The van der Waals surface area contributed by atoms with Crippen LogP contribution in [0, 0.1) is 0 Å². The molecule has 1 heterocycles. The average molecular weight is 199 g/mol. The highest BCUT2D eigenvalue weighted by molar-refractivity contribution is 5.67. The lowest BCUT2D eigenvalue weighted by atomic mass is 10.2. The Balaban J connectivity index is 2.32. The quantitative estimate of drug-likeness (QED) is 0.745. The summed E-state index contributed by atoms with van der Waals surface area (Å²) in [4.78, 5) is 10.1. The summed E-state index contributed by atoms with van der Waals surface area (Å²) in [6.07, 6.45) is 1.87. The molecule has 0 fully saturated rings. The maximum absolute atomic E-state index is 10.1. The number of hydrogen-bond donors (Lipinski definition) is 1. The summed E-state index contributed by atoms with van der Waals surface area (Å²) in [6.45, 7) is 1.89. The Morgan fingerprint density at radius 2 is 2.50 bits per heavy atom. The van der Waals surface area contributed by atoms with Gasteiger partial charge >= 0.3 is 5.97 Å². The summed E-state index contributed by atoms with van der Waals surface area (Å²) in [5.74, 6) is -0.423. The van der Waals surface area contributed by atoms with Crippen LogP contribution in [0.3, 0.4) is 0 Å². The number of carboxylic acid groups (broad SMARTS) is 1. The lowest BCUT2D eigenvalue weighted by molar-refractivity contribution is -0.142. The first-order valence-electron chi connectivity index (χ1n) is 4.46. The third-order valence-electron chi connectivity index (χ3n) is 1.58. The first-order valence-corrected chi connectivity index (χ1v) is 4.46. The first kappa shape index (κ1) is 10.7. The molecule has 1 aromatic rings. The molecular formula is C9H13NO4. The van der Waals surface area contributed by atoms with Crippen LogP contribution >= 0.6 is 0 Å². The third kappa shape index (κ3) is 3.57. The van der Waals surface area contributed by atoms with E-state index in [2.05, 4.69) is 12.1 Å². The van der Waals surface area contributed by atoms with Gasteiger partial charge in [0.05, 0.1) is 5.69 Å². The second kappa shape index (κ2) is 5.39. The Morgan fingerprint density at radius 3 is 3.14 bits per heavy atom. The summed E-state index contributed by atoms with van der Waals surface area (Å²) in [5.41, 5.74) is 0.876. The van der Waals surface area contributed by atoms with Gasteiger partial charge < -0.3 is 14.4 Å². The highest BCUT2D eigenvalue weighted by Gasteiger charge is 2.04. The van der Waals surface area contributed by atoms with Crippen molar-refractivity contribution < 1.29 is 19.2 Å². The van der Waals surface area contributed by atoms with E-state index in [1.165, 1.54) is 0 Å². The number of carbonyl (C=O) groups is 1. The Hall–Kier alpha value is -1.36. The number of aliphatic carboxylic acids is 1. The topological polar surface area (TPSA) is 72.6 Å². The van der Waals surface area contributed by atoms with Crippen LogP contribution in [-0.2, 0) is 22.6 Å². The van der Waals surface area contributed by atoms with Crippen molar-refractivity contribution in [1.82, 2.24) is 5.16 Å². The molecule has 0 atom stereocenters. The van der Waals surface area contributed by atoms with Gasteiger partial charge in [0.2, 0.25) is 0 Å². The van der Waals surface area contributed by atoms with Gasteiger partial charge in [-0.25, -0.2) is 4.79 Å². The SMILES string of the molecule is CCCc1cc(COCC(=O)O)on1. The standard InChI is InChI=1S/C9H13NO4/c1-2-3-7-4-8(14-10-7)5-13-6-9(11)12/h4H,2-3,5-6H2,1H3,(H,11,12). The van der Waals surface area contributed by atoms with Crippen LogP contribution in [0.25, 0.3) is 0 Å². The number of ether oxygens (including phenoxy) is 1. The Bertz CT molecular complexity index is 295. The zero-order valence-corrected chi connectivity index (χ0v) is 8.02. The summed E-state index contributed by atoms with van der Waals surface area (Å²) < 4.78 is 9.77. The second-order valence-corrected chi connectivity index (χ2v) is 2.92. The van der Waals surface area contributed by atoms with Crippen molar-refractivity contribution in [2.45, 2.75) is 26.4 Å². The molecule has 0 unspecified atom stereocenters. The van der Waals surface area contributed by atoms with Crippen molar-refractivity contribution in [3.05, 3.63) is 17.5 Å². The predicted octanol–water partition coefficient (Wildman–Crippen LogP) is 1.23. The normalized spacial score (nSPS) is 10.4. The molecule has 0 aliphatic rings. The minimum atomic E-state index is -0.988. The van der Waals surface area contributed by atoms with Crippen LogP contribution in [-0.4, -0.2) is 22.8 Å². The fourth-order valence-corrected chi connectivity index (χ4v) is 1.04. The molecule has 0 radical (unpaired) electrons. The molecule has 1 aromatic heterocycles. The van der Waals surface area contributed by atoms with Crippen molar-refractivity contribution in [3.8, 4) is 0 Å². The van der Waals surface area contributed by atoms with E-state index in [4.69, 9.17) is 14.4 Å². The largest absolute Gasteiger partial charge is 0.480 e. The van der Waals surface area contributed by atoms with Crippen molar-refractivity contribution in [1.29, 1.82) is 0 Å². The van der Waals surface area contributed by atoms with Crippen LogP contribution < -0.4 is 0 Å². The van der Waals surface area contributed by atoms with E-state index in [0.29, 0.717) is 5.76 Å². The molecule has 0 saturated carbocycles. The molecule has 0 aliphatic carbocycles. The number of carboxylic acids is 1. The molecule has 0 bridgehead atoms. The lowest BCUT2D eigenvalue weighted by Crippen LogP contribution is -2.06. The van der Waals surface area contributed by atoms with Crippen molar-refractivity contribution in [3.63, 3.8) is 0 Å². The van der Waals surface area contributed by atoms with Gasteiger partial charge in [-0.1, -0.05) is 18.5 Å². The maximum atomic E-state index is 10.1. The van der Waals surface area contributed by atoms with E-state index in [0.717, 1.165) is 18.5 Å². The molecule has 0 aliphatic heterocycles.